The van der Waals surface area contributed by atoms with Crippen molar-refractivity contribution in [1.29, 1.82) is 0 Å². The molecule has 0 fully saturated rings. The third-order valence-electron chi connectivity index (χ3n) is 2.36. The number of rotatable bonds is 5. The molecule has 1 rings (SSSR count). The number of carboxylic acids is 1. The number of carbonyl (C=O) groups is 2. The fraction of sp³-hybridized carbons (Fsp3) is 0.200. The summed E-state index contributed by atoms with van der Waals surface area (Å²) in [5.41, 5.74) is -2.32. The molecule has 20 heavy (non-hydrogen) atoms. The first kappa shape index (κ1) is 15.0. The molecular formula is C10H9N3O7. The maximum absolute atomic E-state index is 11.8. The molecule has 0 aromatic heterocycles. The van der Waals surface area contributed by atoms with Crippen LogP contribution < -0.4 is 5.32 Å². The van der Waals surface area contributed by atoms with Crippen LogP contribution in [0.4, 0.5) is 11.4 Å². The lowest BCUT2D eigenvalue weighted by molar-refractivity contribution is -0.394. The standard InChI is InChI=1S/C10H9N3O7/c1-5(10(15)16)11-9(14)8-6(12(17)18)3-2-4-7(8)13(19)20/h2-5H,1H3,(H,11,14)(H,15,16)/t5-/m1/s1. The van der Waals surface area contributed by atoms with E-state index in [2.05, 4.69) is 0 Å². The summed E-state index contributed by atoms with van der Waals surface area (Å²) >= 11 is 0. The number of nitrogens with one attached hydrogen (secondary N) is 1. The number of aliphatic carboxylic acids is 1. The van der Waals surface area contributed by atoms with Gasteiger partial charge >= 0.3 is 5.97 Å². The summed E-state index contributed by atoms with van der Waals surface area (Å²) in [6.07, 6.45) is 0. The van der Waals surface area contributed by atoms with E-state index in [1.807, 2.05) is 5.32 Å². The van der Waals surface area contributed by atoms with Crippen molar-refractivity contribution in [2.75, 3.05) is 0 Å². The van der Waals surface area contributed by atoms with Crippen molar-refractivity contribution in [2.24, 2.45) is 0 Å². The fourth-order valence-electron chi connectivity index (χ4n) is 1.40. The predicted octanol–water partition coefficient (Wildman–Crippen LogP) is 0.706. The van der Waals surface area contributed by atoms with Gasteiger partial charge in [0.05, 0.1) is 9.85 Å². The van der Waals surface area contributed by atoms with Gasteiger partial charge in [0.1, 0.15) is 6.04 Å². The maximum Gasteiger partial charge on any atom is 0.325 e. The van der Waals surface area contributed by atoms with Gasteiger partial charge in [-0.25, -0.2) is 0 Å². The van der Waals surface area contributed by atoms with Crippen molar-refractivity contribution in [3.8, 4) is 0 Å². The number of carboxylic acid groups (broad SMARTS) is 1. The summed E-state index contributed by atoms with van der Waals surface area (Å²) < 4.78 is 0. The summed E-state index contributed by atoms with van der Waals surface area (Å²) in [6, 6.07) is 1.57. The second-order valence-corrected chi connectivity index (χ2v) is 3.72. The number of hydrogen-bond donors (Lipinski definition) is 2. The third-order valence-corrected chi connectivity index (χ3v) is 2.36. The lowest BCUT2D eigenvalue weighted by Crippen LogP contribution is -2.38. The minimum absolute atomic E-state index is 0.769. The van der Waals surface area contributed by atoms with Gasteiger partial charge in [0, 0.05) is 12.1 Å². The zero-order valence-electron chi connectivity index (χ0n) is 10.1. The Morgan fingerprint density at radius 1 is 1.20 bits per heavy atom. The highest BCUT2D eigenvalue weighted by Gasteiger charge is 2.31. The molecule has 1 atom stereocenters. The van der Waals surface area contributed by atoms with Crippen LogP contribution in [0.3, 0.4) is 0 Å². The molecule has 0 aliphatic carbocycles. The molecule has 0 radical (unpaired) electrons. The highest BCUT2D eigenvalue weighted by molar-refractivity contribution is 6.03. The van der Waals surface area contributed by atoms with Gasteiger partial charge in [-0.3, -0.25) is 29.8 Å². The van der Waals surface area contributed by atoms with E-state index in [-0.39, 0.29) is 0 Å². The lowest BCUT2D eigenvalue weighted by atomic mass is 10.1. The van der Waals surface area contributed by atoms with Gasteiger partial charge in [-0.05, 0) is 13.0 Å². The fourth-order valence-corrected chi connectivity index (χ4v) is 1.40. The summed E-state index contributed by atoms with van der Waals surface area (Å²) in [6.45, 7) is 1.13. The van der Waals surface area contributed by atoms with Crippen LogP contribution in [0.2, 0.25) is 0 Å². The van der Waals surface area contributed by atoms with E-state index in [9.17, 15) is 29.8 Å². The monoisotopic (exact) mass is 283 g/mol. The second kappa shape index (κ2) is 5.73. The van der Waals surface area contributed by atoms with Crippen molar-refractivity contribution in [1.82, 2.24) is 5.32 Å². The minimum atomic E-state index is -1.38. The molecular weight excluding hydrogens is 274 g/mol. The second-order valence-electron chi connectivity index (χ2n) is 3.72. The molecule has 2 N–H and O–H groups in total. The minimum Gasteiger partial charge on any atom is -0.480 e. The number of benzene rings is 1. The van der Waals surface area contributed by atoms with Crippen LogP contribution >= 0.6 is 0 Å². The topological polar surface area (TPSA) is 153 Å². The van der Waals surface area contributed by atoms with Crippen LogP contribution in [0.15, 0.2) is 18.2 Å². The first-order valence-electron chi connectivity index (χ1n) is 5.21. The first-order chi connectivity index (χ1) is 9.25. The average Bonchev–Trinajstić information content (AvgIpc) is 2.37. The smallest absolute Gasteiger partial charge is 0.325 e. The number of nitro benzene ring substituents is 2. The van der Waals surface area contributed by atoms with Crippen molar-refractivity contribution < 1.29 is 24.5 Å². The van der Waals surface area contributed by atoms with E-state index in [1.54, 1.807) is 0 Å². The first-order valence-corrected chi connectivity index (χ1v) is 5.21. The van der Waals surface area contributed by atoms with Gasteiger partial charge in [-0.1, -0.05) is 0 Å². The maximum atomic E-state index is 11.8. The molecule has 106 valence electrons. The van der Waals surface area contributed by atoms with Gasteiger partial charge in [-0.15, -0.1) is 0 Å². The summed E-state index contributed by atoms with van der Waals surface area (Å²) in [5, 5.41) is 32.2. The number of hydrogen-bond acceptors (Lipinski definition) is 6. The molecule has 0 saturated heterocycles. The molecule has 10 nitrogen and oxygen atoms in total. The van der Waals surface area contributed by atoms with Crippen molar-refractivity contribution >= 4 is 23.3 Å². The molecule has 10 heteroatoms. The zero-order chi connectivity index (χ0) is 15.4. The Bertz CT molecular complexity index is 566. The molecule has 0 unspecified atom stereocenters. The molecule has 0 aliphatic rings. The molecule has 0 heterocycles. The largest absolute Gasteiger partial charge is 0.480 e. The van der Waals surface area contributed by atoms with Crippen LogP contribution in [-0.4, -0.2) is 32.9 Å². The Balaban J connectivity index is 3.33. The number of nitro groups is 2. The van der Waals surface area contributed by atoms with Crippen LogP contribution in [-0.2, 0) is 4.79 Å². The summed E-state index contributed by atoms with van der Waals surface area (Å²) in [4.78, 5) is 42.2. The van der Waals surface area contributed by atoms with E-state index in [1.165, 1.54) is 0 Å². The Morgan fingerprint density at radius 2 is 1.65 bits per heavy atom. The number of carbonyl (C=O) groups excluding carboxylic acids is 1. The molecule has 0 bridgehead atoms. The number of amides is 1. The van der Waals surface area contributed by atoms with E-state index in [4.69, 9.17) is 5.11 Å². The molecule has 1 aromatic carbocycles. The van der Waals surface area contributed by atoms with Gasteiger partial charge in [0.2, 0.25) is 0 Å². The summed E-state index contributed by atoms with van der Waals surface area (Å²) in [7, 11) is 0. The highest BCUT2D eigenvalue weighted by atomic mass is 16.6. The van der Waals surface area contributed by atoms with E-state index < -0.39 is 44.7 Å². The molecule has 1 amide bonds. The van der Waals surface area contributed by atoms with Crippen LogP contribution in [0.1, 0.15) is 17.3 Å². The van der Waals surface area contributed by atoms with Gasteiger partial charge in [-0.2, -0.15) is 0 Å². The van der Waals surface area contributed by atoms with E-state index in [0.29, 0.717) is 0 Å². The predicted molar refractivity (Wildman–Crippen MR) is 64.3 cm³/mol. The van der Waals surface area contributed by atoms with Crippen molar-refractivity contribution in [3.05, 3.63) is 44.0 Å². The Hall–Kier alpha value is -3.04. The third kappa shape index (κ3) is 3.04. The Morgan fingerprint density at radius 3 is 2.00 bits per heavy atom. The lowest BCUT2D eigenvalue weighted by Gasteiger charge is -2.09. The Kier molecular flexibility index (Phi) is 4.31. The van der Waals surface area contributed by atoms with Crippen molar-refractivity contribution in [3.63, 3.8) is 0 Å². The van der Waals surface area contributed by atoms with E-state index in [0.717, 1.165) is 25.1 Å². The van der Waals surface area contributed by atoms with Crippen molar-refractivity contribution in [2.45, 2.75) is 13.0 Å². The van der Waals surface area contributed by atoms with E-state index >= 15 is 0 Å². The Labute approximate surface area is 111 Å². The average molecular weight is 283 g/mol. The van der Waals surface area contributed by atoms with Gasteiger partial charge in [0.15, 0.2) is 5.56 Å². The normalized spacial score (nSPS) is 11.4. The van der Waals surface area contributed by atoms with Crippen LogP contribution in [0.25, 0.3) is 0 Å². The van der Waals surface area contributed by atoms with Gasteiger partial charge < -0.3 is 10.4 Å². The zero-order valence-corrected chi connectivity index (χ0v) is 10.1. The van der Waals surface area contributed by atoms with Crippen LogP contribution in [0.5, 0.6) is 0 Å². The highest BCUT2D eigenvalue weighted by Crippen LogP contribution is 2.27. The van der Waals surface area contributed by atoms with Crippen LogP contribution in [0, 0.1) is 20.2 Å². The molecule has 0 spiro atoms. The summed E-state index contributed by atoms with van der Waals surface area (Å²) in [5.74, 6) is -2.57. The molecule has 1 aromatic rings. The number of nitrogens with zero attached hydrogens (tertiary/aromatic N) is 2. The quantitative estimate of drug-likeness (QED) is 0.595. The van der Waals surface area contributed by atoms with Gasteiger partial charge in [0.25, 0.3) is 17.3 Å². The molecule has 0 saturated carbocycles. The SMILES string of the molecule is C[C@@H](NC(=O)c1c([N+](=O)[O-])cccc1[N+](=O)[O-])C(=O)O. The molecule has 0 aliphatic heterocycles.